The maximum atomic E-state index is 13.3. The fraction of sp³-hybridized carbons (Fsp3) is 0.107. The summed E-state index contributed by atoms with van der Waals surface area (Å²) in [6.07, 6.45) is 3.31. The first kappa shape index (κ1) is 21.7. The Labute approximate surface area is 207 Å². The molecule has 0 radical (unpaired) electrons. The van der Waals surface area contributed by atoms with Crippen molar-refractivity contribution in [3.05, 3.63) is 103 Å². The lowest BCUT2D eigenvalue weighted by Gasteiger charge is -2.20. The van der Waals surface area contributed by atoms with E-state index in [4.69, 9.17) is 15.2 Å². The van der Waals surface area contributed by atoms with E-state index < -0.39 is 0 Å². The van der Waals surface area contributed by atoms with E-state index in [0.717, 1.165) is 33.6 Å². The lowest BCUT2D eigenvalue weighted by atomic mass is 10.2. The van der Waals surface area contributed by atoms with E-state index in [9.17, 15) is 4.79 Å². The maximum Gasteiger partial charge on any atom is 0.267 e. The van der Waals surface area contributed by atoms with Crippen LogP contribution in [0.2, 0.25) is 0 Å². The quantitative estimate of drug-likeness (QED) is 0.397. The Balaban J connectivity index is 1.32. The van der Waals surface area contributed by atoms with Gasteiger partial charge in [-0.25, -0.2) is 9.97 Å². The number of nitrogen functional groups attached to an aromatic ring is 1. The van der Waals surface area contributed by atoms with Gasteiger partial charge in [0.15, 0.2) is 0 Å². The van der Waals surface area contributed by atoms with Gasteiger partial charge in [-0.2, -0.15) is 0 Å². The first-order valence-corrected chi connectivity index (χ1v) is 11.6. The molecule has 0 bridgehead atoms. The molecule has 3 heterocycles. The molecule has 1 amide bonds. The van der Waals surface area contributed by atoms with Gasteiger partial charge >= 0.3 is 0 Å². The highest BCUT2D eigenvalue weighted by molar-refractivity contribution is 6.11. The highest BCUT2D eigenvalue weighted by Gasteiger charge is 2.29. The highest BCUT2D eigenvalue weighted by atomic mass is 16.5. The van der Waals surface area contributed by atoms with Gasteiger partial charge in [-0.05, 0) is 42.0 Å². The van der Waals surface area contributed by atoms with Gasteiger partial charge in [-0.15, -0.1) is 0 Å². The first-order valence-electron chi connectivity index (χ1n) is 11.6. The van der Waals surface area contributed by atoms with Gasteiger partial charge in [-0.1, -0.05) is 42.5 Å². The van der Waals surface area contributed by atoms with E-state index in [1.54, 1.807) is 4.90 Å². The predicted molar refractivity (Wildman–Crippen MR) is 138 cm³/mol. The van der Waals surface area contributed by atoms with Crippen molar-refractivity contribution >= 4 is 28.3 Å². The van der Waals surface area contributed by atoms with Crippen molar-refractivity contribution in [1.82, 2.24) is 14.5 Å². The highest BCUT2D eigenvalue weighted by Crippen LogP contribution is 2.32. The van der Waals surface area contributed by atoms with Gasteiger partial charge in [-0.3, -0.25) is 4.79 Å². The van der Waals surface area contributed by atoms with Crippen molar-refractivity contribution in [3.8, 4) is 17.3 Å². The second-order valence-electron chi connectivity index (χ2n) is 8.42. The summed E-state index contributed by atoms with van der Waals surface area (Å²) >= 11 is 0. The second kappa shape index (κ2) is 9.07. The number of anilines is 2. The summed E-state index contributed by atoms with van der Waals surface area (Å²) in [5.74, 6) is 0.833. The van der Waals surface area contributed by atoms with Crippen molar-refractivity contribution < 1.29 is 14.3 Å². The van der Waals surface area contributed by atoms with Gasteiger partial charge in [0.2, 0.25) is 5.88 Å². The lowest BCUT2D eigenvalue weighted by molar-refractivity contribution is 0.0990. The molecule has 2 aromatic heterocycles. The van der Waals surface area contributed by atoms with Crippen LogP contribution in [0.3, 0.4) is 0 Å². The van der Waals surface area contributed by atoms with E-state index in [1.165, 1.54) is 6.33 Å². The van der Waals surface area contributed by atoms with Crippen LogP contribution in [0.25, 0.3) is 16.6 Å². The molecule has 0 unspecified atom stereocenters. The Morgan fingerprint density at radius 3 is 2.69 bits per heavy atom. The second-order valence-corrected chi connectivity index (χ2v) is 8.42. The molecule has 5 aromatic rings. The monoisotopic (exact) mass is 477 g/mol. The molecule has 36 heavy (non-hydrogen) atoms. The SMILES string of the molecule is Nc1ncnc2c1C(=O)N(c1ccc3c(ccn3-c3ccccc3OCc3ccccc3)c1)CCO2. The fourth-order valence-electron chi connectivity index (χ4n) is 4.43. The number of fused-ring (bicyclic) bond motifs is 2. The molecule has 0 fully saturated rings. The number of hydrogen-bond acceptors (Lipinski definition) is 6. The number of para-hydroxylation sites is 2. The van der Waals surface area contributed by atoms with Crippen molar-refractivity contribution in [1.29, 1.82) is 0 Å². The normalized spacial score (nSPS) is 13.2. The summed E-state index contributed by atoms with van der Waals surface area (Å²) in [4.78, 5) is 23.0. The van der Waals surface area contributed by atoms with Crippen molar-refractivity contribution in [2.75, 3.05) is 23.8 Å². The molecule has 0 saturated carbocycles. The molecule has 0 atom stereocenters. The lowest BCUT2D eigenvalue weighted by Crippen LogP contribution is -2.32. The molecule has 178 valence electrons. The third kappa shape index (κ3) is 3.88. The molecular weight excluding hydrogens is 454 g/mol. The number of aromatic nitrogens is 3. The molecule has 2 N–H and O–H groups in total. The molecular formula is C28H23N5O3. The van der Waals surface area contributed by atoms with Gasteiger partial charge in [0.25, 0.3) is 5.91 Å². The van der Waals surface area contributed by atoms with Gasteiger partial charge in [0, 0.05) is 17.3 Å². The molecule has 6 rings (SSSR count). The molecule has 0 saturated heterocycles. The van der Waals surface area contributed by atoms with Gasteiger partial charge < -0.3 is 24.7 Å². The summed E-state index contributed by atoms with van der Waals surface area (Å²) in [5.41, 5.74) is 9.96. The number of hydrogen-bond donors (Lipinski definition) is 1. The van der Waals surface area contributed by atoms with Crippen LogP contribution in [0.4, 0.5) is 11.5 Å². The summed E-state index contributed by atoms with van der Waals surface area (Å²) in [5, 5.41) is 0.987. The number of benzene rings is 3. The van der Waals surface area contributed by atoms with Gasteiger partial charge in [0.1, 0.15) is 36.7 Å². The number of carbonyl (C=O) groups is 1. The molecule has 1 aliphatic rings. The Bertz CT molecular complexity index is 1560. The van der Waals surface area contributed by atoms with Crippen LogP contribution in [-0.4, -0.2) is 33.6 Å². The summed E-state index contributed by atoms with van der Waals surface area (Å²) in [7, 11) is 0. The van der Waals surface area contributed by atoms with E-state index in [0.29, 0.717) is 19.8 Å². The number of nitrogens with two attached hydrogens (primary N) is 1. The fourth-order valence-corrected chi connectivity index (χ4v) is 4.43. The number of nitrogens with zero attached hydrogens (tertiary/aromatic N) is 4. The molecule has 0 spiro atoms. The zero-order valence-corrected chi connectivity index (χ0v) is 19.4. The van der Waals surface area contributed by atoms with Crippen LogP contribution >= 0.6 is 0 Å². The van der Waals surface area contributed by atoms with Crippen LogP contribution in [0, 0.1) is 0 Å². The minimum absolute atomic E-state index is 0.108. The zero-order chi connectivity index (χ0) is 24.5. The van der Waals surface area contributed by atoms with Crippen LogP contribution in [0.15, 0.2) is 91.4 Å². The topological polar surface area (TPSA) is 95.5 Å². The molecule has 3 aromatic carbocycles. The Hall–Kier alpha value is -4.85. The third-order valence-electron chi connectivity index (χ3n) is 6.20. The molecule has 0 aliphatic carbocycles. The number of rotatable bonds is 5. The van der Waals surface area contributed by atoms with E-state index >= 15 is 0 Å². The Morgan fingerprint density at radius 1 is 0.972 bits per heavy atom. The maximum absolute atomic E-state index is 13.3. The largest absolute Gasteiger partial charge is 0.487 e. The van der Waals surface area contributed by atoms with Crippen LogP contribution in [0.1, 0.15) is 15.9 Å². The van der Waals surface area contributed by atoms with Crippen molar-refractivity contribution in [2.24, 2.45) is 0 Å². The van der Waals surface area contributed by atoms with Crippen molar-refractivity contribution in [2.45, 2.75) is 6.61 Å². The van der Waals surface area contributed by atoms with Crippen LogP contribution in [-0.2, 0) is 6.61 Å². The van der Waals surface area contributed by atoms with E-state index in [-0.39, 0.29) is 23.2 Å². The average Bonchev–Trinajstić information content (AvgIpc) is 3.25. The summed E-state index contributed by atoms with van der Waals surface area (Å²) in [6.45, 7) is 1.16. The smallest absolute Gasteiger partial charge is 0.267 e. The molecule has 8 nitrogen and oxygen atoms in total. The van der Waals surface area contributed by atoms with Gasteiger partial charge in [0.05, 0.1) is 17.7 Å². The number of amides is 1. The van der Waals surface area contributed by atoms with E-state index in [1.807, 2.05) is 85.1 Å². The van der Waals surface area contributed by atoms with Crippen LogP contribution < -0.4 is 20.1 Å². The number of carbonyl (C=O) groups excluding carboxylic acids is 1. The van der Waals surface area contributed by atoms with E-state index in [2.05, 4.69) is 14.5 Å². The Morgan fingerprint density at radius 2 is 1.81 bits per heavy atom. The first-order chi connectivity index (χ1) is 17.7. The third-order valence-corrected chi connectivity index (χ3v) is 6.20. The Kier molecular flexibility index (Phi) is 5.46. The summed E-state index contributed by atoms with van der Waals surface area (Å²) < 4.78 is 13.9. The minimum atomic E-state index is -0.279. The zero-order valence-electron chi connectivity index (χ0n) is 19.4. The predicted octanol–water partition coefficient (Wildman–Crippen LogP) is 4.62. The minimum Gasteiger partial charge on any atom is -0.487 e. The van der Waals surface area contributed by atoms with Crippen LogP contribution in [0.5, 0.6) is 11.6 Å². The standard InChI is InChI=1S/C28H23N5O3/c29-26-25-27(31-18-30-26)35-15-14-32(28(25)34)21-10-11-22-20(16-21)12-13-33(22)23-8-4-5-9-24(23)36-17-19-6-2-1-3-7-19/h1-13,16,18H,14-15,17H2,(H2,29,30,31). The number of ether oxygens (including phenoxy) is 2. The molecule has 1 aliphatic heterocycles. The molecule has 8 heteroatoms. The van der Waals surface area contributed by atoms with Crippen molar-refractivity contribution in [3.63, 3.8) is 0 Å². The average molecular weight is 478 g/mol. The summed E-state index contributed by atoms with van der Waals surface area (Å²) in [6, 6.07) is 26.0.